The zero-order chi connectivity index (χ0) is 11.3. The average molecular weight is 210 g/mol. The molecule has 1 aromatic rings. The minimum atomic E-state index is -0.685. The number of ether oxygens (including phenoxy) is 1. The van der Waals surface area contributed by atoms with Crippen LogP contribution < -0.4 is 0 Å². The third-order valence-electron chi connectivity index (χ3n) is 1.79. The zero-order valence-corrected chi connectivity index (χ0v) is 8.24. The van der Waals surface area contributed by atoms with Gasteiger partial charge in [0.2, 0.25) is 0 Å². The van der Waals surface area contributed by atoms with Gasteiger partial charge in [-0.25, -0.2) is 4.39 Å². The van der Waals surface area contributed by atoms with Crippen molar-refractivity contribution in [3.63, 3.8) is 0 Å². The van der Waals surface area contributed by atoms with Gasteiger partial charge in [-0.1, -0.05) is 18.2 Å². The van der Waals surface area contributed by atoms with Gasteiger partial charge in [0.15, 0.2) is 11.6 Å². The second-order valence-corrected chi connectivity index (χ2v) is 2.89. The van der Waals surface area contributed by atoms with Crippen molar-refractivity contribution in [1.82, 2.24) is 0 Å². The molecule has 15 heavy (non-hydrogen) atoms. The topological polar surface area (TPSA) is 46.5 Å². The van der Waals surface area contributed by atoms with Crippen LogP contribution in [0.3, 0.4) is 0 Å². The van der Waals surface area contributed by atoms with Gasteiger partial charge < -0.3 is 9.84 Å². The van der Waals surface area contributed by atoms with Crippen LogP contribution in [-0.2, 0) is 9.53 Å². The minimum Gasteiger partial charge on any atom is -0.505 e. The van der Waals surface area contributed by atoms with Crippen molar-refractivity contribution in [2.24, 2.45) is 0 Å². The van der Waals surface area contributed by atoms with E-state index in [1.54, 1.807) is 18.2 Å². The second kappa shape index (κ2) is 5.14. The molecule has 0 heterocycles. The number of carbonyl (C=O) groups excluding carboxylic acids is 1. The summed E-state index contributed by atoms with van der Waals surface area (Å²) in [7, 11) is 1.30. The first-order valence-corrected chi connectivity index (χ1v) is 4.35. The highest BCUT2D eigenvalue weighted by molar-refractivity contribution is 5.72. The number of hydrogen-bond acceptors (Lipinski definition) is 3. The van der Waals surface area contributed by atoms with Crippen molar-refractivity contribution in [3.8, 4) is 5.75 Å². The van der Waals surface area contributed by atoms with Gasteiger partial charge in [-0.3, -0.25) is 4.79 Å². The first-order valence-electron chi connectivity index (χ1n) is 4.35. The maximum absolute atomic E-state index is 12.9. The van der Waals surface area contributed by atoms with E-state index in [1.165, 1.54) is 19.2 Å². The predicted octanol–water partition coefficient (Wildman–Crippen LogP) is 2.11. The second-order valence-electron chi connectivity index (χ2n) is 2.89. The molecule has 0 atom stereocenters. The van der Waals surface area contributed by atoms with E-state index in [-0.39, 0.29) is 18.1 Å². The molecule has 0 radical (unpaired) electrons. The summed E-state index contributed by atoms with van der Waals surface area (Å²) in [5.41, 5.74) is 0.578. The van der Waals surface area contributed by atoms with E-state index in [2.05, 4.69) is 4.74 Å². The summed E-state index contributed by atoms with van der Waals surface area (Å²) >= 11 is 0. The fraction of sp³-hybridized carbons (Fsp3) is 0.182. The lowest BCUT2D eigenvalue weighted by Crippen LogP contribution is -1.96. The number of rotatable bonds is 3. The van der Waals surface area contributed by atoms with Gasteiger partial charge in [0.1, 0.15) is 0 Å². The normalized spacial score (nSPS) is 10.5. The van der Waals surface area contributed by atoms with Gasteiger partial charge in [0, 0.05) is 0 Å². The highest BCUT2D eigenvalue weighted by Crippen LogP contribution is 2.16. The van der Waals surface area contributed by atoms with Gasteiger partial charge in [-0.05, 0) is 17.7 Å². The highest BCUT2D eigenvalue weighted by atomic mass is 19.1. The van der Waals surface area contributed by atoms with E-state index in [9.17, 15) is 9.18 Å². The van der Waals surface area contributed by atoms with Crippen molar-refractivity contribution < 1.29 is 19.0 Å². The lowest BCUT2D eigenvalue weighted by atomic mass is 10.2. The molecule has 0 spiro atoms. The molecule has 0 aromatic heterocycles. The third-order valence-corrected chi connectivity index (χ3v) is 1.79. The van der Waals surface area contributed by atoms with Crippen LogP contribution in [0.25, 0.3) is 6.08 Å². The number of phenols is 1. The number of phenolic OH excluding ortho intramolecular Hbond substituents is 1. The van der Waals surface area contributed by atoms with E-state index in [4.69, 9.17) is 5.11 Å². The Bertz CT molecular complexity index is 385. The number of halogens is 1. The number of aromatic hydroxyl groups is 1. The molecule has 4 heteroatoms. The van der Waals surface area contributed by atoms with Gasteiger partial charge in [-0.2, -0.15) is 0 Å². The van der Waals surface area contributed by atoms with E-state index in [0.29, 0.717) is 5.56 Å². The number of esters is 1. The molecule has 80 valence electrons. The molecule has 0 bridgehead atoms. The Morgan fingerprint density at radius 2 is 2.33 bits per heavy atom. The summed E-state index contributed by atoms with van der Waals surface area (Å²) in [6.45, 7) is 0. The Hall–Kier alpha value is -1.84. The third kappa shape index (κ3) is 3.42. The van der Waals surface area contributed by atoms with Crippen LogP contribution in [0.1, 0.15) is 12.0 Å². The van der Waals surface area contributed by atoms with Crippen LogP contribution in [0, 0.1) is 5.82 Å². The molecule has 0 aliphatic heterocycles. The molecule has 1 aromatic carbocycles. The van der Waals surface area contributed by atoms with Gasteiger partial charge >= 0.3 is 5.97 Å². The van der Waals surface area contributed by atoms with Crippen molar-refractivity contribution >= 4 is 12.0 Å². The highest BCUT2D eigenvalue weighted by Gasteiger charge is 1.99. The largest absolute Gasteiger partial charge is 0.505 e. The smallest absolute Gasteiger partial charge is 0.309 e. The average Bonchev–Trinajstić information content (AvgIpc) is 2.23. The monoisotopic (exact) mass is 210 g/mol. The summed E-state index contributed by atoms with van der Waals surface area (Å²) in [5.74, 6) is -1.43. The number of benzene rings is 1. The molecule has 0 fully saturated rings. The summed E-state index contributed by atoms with van der Waals surface area (Å²) in [6, 6.07) is 3.99. The molecule has 0 aliphatic carbocycles. The van der Waals surface area contributed by atoms with E-state index >= 15 is 0 Å². The number of hydrogen-bond donors (Lipinski definition) is 1. The quantitative estimate of drug-likeness (QED) is 0.777. The Morgan fingerprint density at radius 3 is 2.93 bits per heavy atom. The van der Waals surface area contributed by atoms with E-state index in [0.717, 1.165) is 0 Å². The molecule has 0 aliphatic rings. The van der Waals surface area contributed by atoms with Gasteiger partial charge in [0.25, 0.3) is 0 Å². The SMILES string of the molecule is COC(=O)CC=Cc1ccc(O)c(F)c1. The molecule has 3 nitrogen and oxygen atoms in total. The lowest BCUT2D eigenvalue weighted by molar-refractivity contribution is -0.139. The van der Waals surface area contributed by atoms with Crippen molar-refractivity contribution in [3.05, 3.63) is 35.7 Å². The summed E-state index contributed by atoms with van der Waals surface area (Å²) in [4.78, 5) is 10.7. The van der Waals surface area contributed by atoms with E-state index < -0.39 is 5.82 Å². The predicted molar refractivity (Wildman–Crippen MR) is 53.7 cm³/mol. The summed E-state index contributed by atoms with van der Waals surface area (Å²) in [6.07, 6.45) is 3.29. The zero-order valence-electron chi connectivity index (χ0n) is 8.24. The fourth-order valence-electron chi connectivity index (χ4n) is 1.00. The van der Waals surface area contributed by atoms with Gasteiger partial charge in [-0.15, -0.1) is 0 Å². The van der Waals surface area contributed by atoms with Crippen molar-refractivity contribution in [2.45, 2.75) is 6.42 Å². The Balaban J connectivity index is 2.65. The molecule has 0 amide bonds. The molecular formula is C11H11FO3. The Labute approximate surface area is 86.8 Å². The fourth-order valence-corrected chi connectivity index (χ4v) is 1.00. The van der Waals surface area contributed by atoms with Gasteiger partial charge in [0.05, 0.1) is 13.5 Å². The van der Waals surface area contributed by atoms with Crippen LogP contribution in [0.5, 0.6) is 5.75 Å². The lowest BCUT2D eigenvalue weighted by Gasteiger charge is -1.97. The number of carbonyl (C=O) groups is 1. The van der Waals surface area contributed by atoms with E-state index in [1.807, 2.05) is 0 Å². The van der Waals surface area contributed by atoms with Crippen LogP contribution in [-0.4, -0.2) is 18.2 Å². The maximum Gasteiger partial charge on any atom is 0.309 e. The Kier molecular flexibility index (Phi) is 3.85. The first-order chi connectivity index (χ1) is 7.13. The van der Waals surface area contributed by atoms with Crippen molar-refractivity contribution in [1.29, 1.82) is 0 Å². The first kappa shape index (κ1) is 11.2. The summed E-state index contributed by atoms with van der Waals surface area (Å²) < 4.78 is 17.3. The molecule has 1 N–H and O–H groups in total. The molecule has 0 saturated heterocycles. The molecular weight excluding hydrogens is 199 g/mol. The molecule has 0 saturated carbocycles. The summed E-state index contributed by atoms with van der Waals surface area (Å²) in [5, 5.41) is 8.92. The van der Waals surface area contributed by atoms with Crippen LogP contribution in [0.15, 0.2) is 24.3 Å². The Morgan fingerprint density at radius 1 is 1.60 bits per heavy atom. The maximum atomic E-state index is 12.9. The molecule has 0 unspecified atom stereocenters. The van der Waals surface area contributed by atoms with Crippen molar-refractivity contribution in [2.75, 3.05) is 7.11 Å². The standard InChI is InChI=1S/C11H11FO3/c1-15-11(14)4-2-3-8-5-6-10(13)9(12)7-8/h2-3,5-7,13H,4H2,1H3. The molecule has 1 rings (SSSR count). The van der Waals surface area contributed by atoms with Crippen LogP contribution in [0.2, 0.25) is 0 Å². The number of methoxy groups -OCH3 is 1. The van der Waals surface area contributed by atoms with Crippen LogP contribution >= 0.6 is 0 Å². The van der Waals surface area contributed by atoms with Crippen LogP contribution in [0.4, 0.5) is 4.39 Å². The minimum absolute atomic E-state index is 0.138.